The van der Waals surface area contributed by atoms with E-state index in [0.717, 1.165) is 11.1 Å². The molecule has 0 aromatic heterocycles. The molecule has 1 N–H and O–H groups in total. The first-order valence-electron chi connectivity index (χ1n) is 10.4. The fourth-order valence-corrected chi connectivity index (χ4v) is 4.57. The van der Waals surface area contributed by atoms with E-state index in [0.29, 0.717) is 13.1 Å². The lowest BCUT2D eigenvalue weighted by molar-refractivity contribution is -0.163. The van der Waals surface area contributed by atoms with Crippen molar-refractivity contribution in [2.24, 2.45) is 5.92 Å². The number of hydrogen-bond acceptors (Lipinski definition) is 5. The van der Waals surface area contributed by atoms with Crippen LogP contribution in [0, 0.1) is 5.92 Å². The number of carbonyl (C=O) groups is 3. The van der Waals surface area contributed by atoms with Gasteiger partial charge in [0, 0.05) is 19.0 Å². The lowest BCUT2D eigenvalue weighted by Gasteiger charge is -2.49. The van der Waals surface area contributed by atoms with Gasteiger partial charge in [-0.1, -0.05) is 74.5 Å². The molecule has 0 radical (unpaired) electrons. The van der Waals surface area contributed by atoms with Gasteiger partial charge in [0.05, 0.1) is 12.6 Å². The highest BCUT2D eigenvalue weighted by atomic mass is 16.2. The molecule has 2 aromatic carbocycles. The average Bonchev–Trinajstić information content (AvgIpc) is 2.75. The van der Waals surface area contributed by atoms with Gasteiger partial charge in [0.1, 0.15) is 0 Å². The highest BCUT2D eigenvalue weighted by Crippen LogP contribution is 2.35. The summed E-state index contributed by atoms with van der Waals surface area (Å²) in [4.78, 5) is 39.8. The molecule has 2 saturated heterocycles. The molecule has 2 unspecified atom stereocenters. The first-order valence-corrected chi connectivity index (χ1v) is 10.4. The first kappa shape index (κ1) is 20.4. The van der Waals surface area contributed by atoms with Crippen LogP contribution in [0.2, 0.25) is 0 Å². The number of hydrazine groups is 1. The van der Waals surface area contributed by atoms with E-state index in [1.807, 2.05) is 50.2 Å². The third-order valence-electron chi connectivity index (χ3n) is 5.82. The summed E-state index contributed by atoms with van der Waals surface area (Å²) in [6.07, 6.45) is 0. The highest BCUT2D eigenvalue weighted by molar-refractivity contribution is 6.44. The minimum absolute atomic E-state index is 0.0637. The van der Waals surface area contributed by atoms with Crippen LogP contribution in [0.25, 0.3) is 0 Å². The Bertz CT molecular complexity index is 890. The van der Waals surface area contributed by atoms with Crippen molar-refractivity contribution in [3.63, 3.8) is 0 Å². The molecule has 6 heteroatoms. The predicted molar refractivity (Wildman–Crippen MR) is 114 cm³/mol. The van der Waals surface area contributed by atoms with E-state index in [4.69, 9.17) is 0 Å². The van der Waals surface area contributed by atoms with Crippen LogP contribution >= 0.6 is 0 Å². The zero-order valence-electron chi connectivity index (χ0n) is 17.3. The molecular weight excluding hydrogens is 378 g/mol. The van der Waals surface area contributed by atoms with E-state index in [1.54, 1.807) is 9.91 Å². The van der Waals surface area contributed by atoms with Gasteiger partial charge in [-0.15, -0.1) is 0 Å². The number of ketones is 2. The van der Waals surface area contributed by atoms with Crippen molar-refractivity contribution in [2.75, 3.05) is 19.6 Å². The van der Waals surface area contributed by atoms with Gasteiger partial charge in [-0.3, -0.25) is 14.4 Å². The average molecular weight is 405 g/mol. The van der Waals surface area contributed by atoms with E-state index < -0.39 is 17.6 Å². The van der Waals surface area contributed by atoms with Crippen LogP contribution in [-0.2, 0) is 14.4 Å². The Balaban J connectivity index is 1.81. The smallest absolute Gasteiger partial charge is 0.249 e. The normalized spacial score (nSPS) is 22.7. The van der Waals surface area contributed by atoms with Crippen molar-refractivity contribution in [1.29, 1.82) is 0 Å². The molecule has 6 nitrogen and oxygen atoms in total. The maximum absolute atomic E-state index is 13.2. The number of hydrogen-bond donors (Lipinski definition) is 1. The van der Waals surface area contributed by atoms with Gasteiger partial charge in [-0.05, 0) is 17.0 Å². The Morgan fingerprint density at radius 3 is 2.03 bits per heavy atom. The minimum Gasteiger partial charge on any atom is -0.339 e. The molecule has 2 atom stereocenters. The molecule has 0 spiro atoms. The summed E-state index contributed by atoms with van der Waals surface area (Å²) in [7, 11) is 0. The van der Waals surface area contributed by atoms with Crippen LogP contribution in [0.5, 0.6) is 0 Å². The Kier molecular flexibility index (Phi) is 5.79. The molecule has 2 aromatic rings. The van der Waals surface area contributed by atoms with Crippen LogP contribution in [0.15, 0.2) is 60.7 Å². The van der Waals surface area contributed by atoms with Crippen LogP contribution in [0.3, 0.4) is 0 Å². The van der Waals surface area contributed by atoms with Crippen LogP contribution in [0.4, 0.5) is 0 Å². The van der Waals surface area contributed by atoms with Crippen LogP contribution < -0.4 is 5.43 Å². The largest absolute Gasteiger partial charge is 0.339 e. The number of carbonyl (C=O) groups excluding carboxylic acids is 3. The number of benzene rings is 2. The van der Waals surface area contributed by atoms with Crippen molar-refractivity contribution < 1.29 is 14.4 Å². The monoisotopic (exact) mass is 405 g/mol. The van der Waals surface area contributed by atoms with Crippen molar-refractivity contribution >= 4 is 17.5 Å². The maximum Gasteiger partial charge on any atom is 0.249 e. The summed E-state index contributed by atoms with van der Waals surface area (Å²) in [5.41, 5.74) is 5.31. The zero-order valence-corrected chi connectivity index (χ0v) is 17.3. The SMILES string of the molecule is CC(C)CN1CC(C(c2ccccc2)c2ccccc2)N2NCC(=O)C(=O)C2C1=O. The maximum atomic E-state index is 13.2. The van der Waals surface area contributed by atoms with Gasteiger partial charge in [-0.2, -0.15) is 0 Å². The van der Waals surface area contributed by atoms with Crippen molar-refractivity contribution in [3.8, 4) is 0 Å². The number of fused-ring (bicyclic) bond motifs is 1. The third-order valence-corrected chi connectivity index (χ3v) is 5.82. The van der Waals surface area contributed by atoms with Gasteiger partial charge in [0.25, 0.3) is 0 Å². The molecule has 2 aliphatic rings. The quantitative estimate of drug-likeness (QED) is 0.609. The Morgan fingerprint density at radius 2 is 1.50 bits per heavy atom. The molecule has 4 rings (SSSR count). The second-order valence-corrected chi connectivity index (χ2v) is 8.44. The van der Waals surface area contributed by atoms with Gasteiger partial charge >= 0.3 is 0 Å². The van der Waals surface area contributed by atoms with E-state index in [2.05, 4.69) is 29.7 Å². The summed E-state index contributed by atoms with van der Waals surface area (Å²) in [5, 5.41) is 1.74. The van der Waals surface area contributed by atoms with Gasteiger partial charge < -0.3 is 4.90 Å². The molecular formula is C24H27N3O3. The summed E-state index contributed by atoms with van der Waals surface area (Å²) >= 11 is 0. The van der Waals surface area contributed by atoms with Gasteiger partial charge in [0.15, 0.2) is 6.04 Å². The Morgan fingerprint density at radius 1 is 0.933 bits per heavy atom. The van der Waals surface area contributed by atoms with Crippen molar-refractivity contribution in [3.05, 3.63) is 71.8 Å². The lowest BCUT2D eigenvalue weighted by atomic mass is 9.81. The van der Waals surface area contributed by atoms with Gasteiger partial charge in [0.2, 0.25) is 17.5 Å². The Labute approximate surface area is 176 Å². The molecule has 2 fully saturated rings. The highest BCUT2D eigenvalue weighted by Gasteiger charge is 2.51. The molecule has 0 saturated carbocycles. The van der Waals surface area contributed by atoms with Crippen LogP contribution in [0.1, 0.15) is 30.9 Å². The van der Waals surface area contributed by atoms with E-state index in [9.17, 15) is 14.4 Å². The number of Topliss-reactive ketones (excluding diaryl/α,β-unsaturated/α-hetero) is 2. The molecule has 1 amide bonds. The van der Waals surface area contributed by atoms with E-state index >= 15 is 0 Å². The lowest BCUT2D eigenvalue weighted by Crippen LogP contribution is -2.73. The zero-order chi connectivity index (χ0) is 21.3. The fraction of sp³-hybridized carbons (Fsp3) is 0.375. The summed E-state index contributed by atoms with van der Waals surface area (Å²) in [6, 6.07) is 19.0. The van der Waals surface area contributed by atoms with Gasteiger partial charge in [-0.25, -0.2) is 10.4 Å². The topological polar surface area (TPSA) is 69.7 Å². The predicted octanol–water partition coefficient (Wildman–Crippen LogP) is 2.01. The summed E-state index contributed by atoms with van der Waals surface area (Å²) in [5.74, 6) is -1.24. The summed E-state index contributed by atoms with van der Waals surface area (Å²) < 4.78 is 0. The minimum atomic E-state index is -1.10. The number of nitrogens with zero attached hydrogens (tertiary/aromatic N) is 2. The number of nitrogens with one attached hydrogen (secondary N) is 1. The van der Waals surface area contributed by atoms with Crippen LogP contribution in [-0.4, -0.2) is 59.1 Å². The molecule has 30 heavy (non-hydrogen) atoms. The fourth-order valence-electron chi connectivity index (χ4n) is 4.57. The third kappa shape index (κ3) is 3.80. The van der Waals surface area contributed by atoms with Crippen molar-refractivity contribution in [2.45, 2.75) is 31.8 Å². The molecule has 2 heterocycles. The standard InChI is InChI=1S/C24H27N3O3/c1-16(2)14-26-15-19(27-22(24(26)30)23(29)20(28)13-25-27)21(17-9-5-3-6-10-17)18-11-7-4-8-12-18/h3-12,16,19,21-22,25H,13-15H2,1-2H3. The van der Waals surface area contributed by atoms with E-state index in [1.165, 1.54) is 0 Å². The Hall–Kier alpha value is -2.83. The molecule has 156 valence electrons. The van der Waals surface area contributed by atoms with E-state index in [-0.39, 0.29) is 30.3 Å². The first-order chi connectivity index (χ1) is 14.5. The molecule has 0 aliphatic carbocycles. The summed E-state index contributed by atoms with van der Waals surface area (Å²) in [6.45, 7) is 5.06. The second kappa shape index (κ2) is 8.50. The molecule has 0 bridgehead atoms. The number of rotatable bonds is 5. The second-order valence-electron chi connectivity index (χ2n) is 8.44. The number of piperazine rings is 1. The molecule has 2 aliphatic heterocycles. The number of amides is 1. The van der Waals surface area contributed by atoms with Crippen molar-refractivity contribution in [1.82, 2.24) is 15.3 Å².